The summed E-state index contributed by atoms with van der Waals surface area (Å²) in [5.74, 6) is 0.211. The number of hydrogen-bond donors (Lipinski definition) is 0. The van der Waals surface area contributed by atoms with Gasteiger partial charge in [0.1, 0.15) is 13.5 Å². The largest absolute Gasteiger partial charge is 0.481 e. The predicted molar refractivity (Wildman–Crippen MR) is 47.6 cm³/mol. The normalized spacial score (nSPS) is 9.69. The molecule has 6 heteroatoms. The summed E-state index contributed by atoms with van der Waals surface area (Å²) in [7, 11) is 6.85. The smallest absolute Gasteiger partial charge is 0.290 e. The third kappa shape index (κ3) is 1.77. The second-order valence-electron chi connectivity index (χ2n) is 2.45. The van der Waals surface area contributed by atoms with E-state index in [1.54, 1.807) is 0 Å². The minimum atomic E-state index is -0.530. The van der Waals surface area contributed by atoms with Gasteiger partial charge in [-0.2, -0.15) is 0 Å². The Bertz CT molecular complexity index is 354. The molecular weight excluding hydrogens is 171 g/mol. The van der Waals surface area contributed by atoms with Gasteiger partial charge < -0.3 is 4.74 Å². The van der Waals surface area contributed by atoms with E-state index in [0.717, 1.165) is 0 Å². The lowest BCUT2D eigenvalue weighted by molar-refractivity contribution is -0.385. The molecule has 0 unspecified atom stereocenters. The summed E-state index contributed by atoms with van der Waals surface area (Å²) >= 11 is 0. The zero-order valence-corrected chi connectivity index (χ0v) is 7.27. The molecule has 13 heavy (non-hydrogen) atoms. The van der Waals surface area contributed by atoms with Gasteiger partial charge in [0.05, 0.1) is 12.0 Å². The molecule has 1 heterocycles. The number of aromatic nitrogens is 1. The fourth-order valence-electron chi connectivity index (χ4n) is 0.936. The van der Waals surface area contributed by atoms with Crippen LogP contribution in [0.15, 0.2) is 6.07 Å². The van der Waals surface area contributed by atoms with Crippen molar-refractivity contribution in [2.24, 2.45) is 0 Å². The summed E-state index contributed by atoms with van der Waals surface area (Å²) in [4.78, 5) is 13.7. The second-order valence-corrected chi connectivity index (χ2v) is 2.45. The van der Waals surface area contributed by atoms with E-state index >= 15 is 0 Å². The molecule has 1 aromatic heterocycles. The molecule has 0 aliphatic rings. The van der Waals surface area contributed by atoms with Gasteiger partial charge in [-0.3, -0.25) is 10.1 Å². The average molecular weight is 178 g/mol. The lowest BCUT2D eigenvalue weighted by Crippen LogP contribution is -2.12. The third-order valence-electron chi connectivity index (χ3n) is 1.57. The summed E-state index contributed by atoms with van der Waals surface area (Å²) in [5.41, 5.74) is 0.356. The summed E-state index contributed by atoms with van der Waals surface area (Å²) in [6.45, 7) is 1.53. The van der Waals surface area contributed by atoms with Crippen LogP contribution in [0.25, 0.3) is 0 Å². The zero-order valence-electron chi connectivity index (χ0n) is 7.27. The monoisotopic (exact) mass is 178 g/mol. The molecule has 0 amide bonds. The SMILES string of the molecule is [B]c1cc([N+](=O)[O-])c(C)nc1OC. The van der Waals surface area contributed by atoms with E-state index in [4.69, 9.17) is 12.6 Å². The van der Waals surface area contributed by atoms with Gasteiger partial charge in [-0.1, -0.05) is 0 Å². The number of rotatable bonds is 2. The van der Waals surface area contributed by atoms with E-state index in [0.29, 0.717) is 0 Å². The van der Waals surface area contributed by atoms with Gasteiger partial charge in [-0.05, 0) is 12.4 Å². The van der Waals surface area contributed by atoms with E-state index in [9.17, 15) is 10.1 Å². The quantitative estimate of drug-likeness (QED) is 0.366. The van der Waals surface area contributed by atoms with Crippen molar-refractivity contribution < 1.29 is 9.66 Å². The first-order valence-corrected chi connectivity index (χ1v) is 3.51. The molecule has 0 aliphatic carbocycles. The highest BCUT2D eigenvalue weighted by molar-refractivity contribution is 6.34. The molecule has 0 bridgehead atoms. The molecule has 0 aliphatic heterocycles. The lowest BCUT2D eigenvalue weighted by Gasteiger charge is -2.04. The highest BCUT2D eigenvalue weighted by Gasteiger charge is 2.14. The van der Waals surface area contributed by atoms with Gasteiger partial charge in [0.25, 0.3) is 5.69 Å². The van der Waals surface area contributed by atoms with Crippen LogP contribution in [0.4, 0.5) is 5.69 Å². The highest BCUT2D eigenvalue weighted by atomic mass is 16.6. The first-order valence-electron chi connectivity index (χ1n) is 3.51. The van der Waals surface area contributed by atoms with Crippen LogP contribution in [0.3, 0.4) is 0 Å². The molecule has 0 saturated carbocycles. The van der Waals surface area contributed by atoms with Gasteiger partial charge in [0, 0.05) is 6.07 Å². The number of nitro groups is 1. The summed E-state index contributed by atoms with van der Waals surface area (Å²) in [6.07, 6.45) is 0. The van der Waals surface area contributed by atoms with Crippen molar-refractivity contribution in [1.82, 2.24) is 4.98 Å². The molecule has 5 nitrogen and oxygen atoms in total. The molecule has 0 spiro atoms. The van der Waals surface area contributed by atoms with Crippen LogP contribution in [0.1, 0.15) is 5.69 Å². The van der Waals surface area contributed by atoms with Crippen LogP contribution >= 0.6 is 0 Å². The molecular formula is C7H7BN2O3. The standard InChI is InChI=1S/C7H7BN2O3/c1-4-6(10(11)12)3-5(8)7(9-4)13-2/h3H,1-2H3. The van der Waals surface area contributed by atoms with Crippen LogP contribution in [-0.2, 0) is 0 Å². The van der Waals surface area contributed by atoms with E-state index in [2.05, 4.69) is 4.98 Å². The van der Waals surface area contributed by atoms with Gasteiger partial charge in [0.15, 0.2) is 0 Å². The zero-order chi connectivity index (χ0) is 10.0. The first kappa shape index (κ1) is 9.50. The van der Waals surface area contributed by atoms with Crippen molar-refractivity contribution in [1.29, 1.82) is 0 Å². The van der Waals surface area contributed by atoms with Crippen molar-refractivity contribution in [2.75, 3.05) is 7.11 Å². The van der Waals surface area contributed by atoms with Crippen molar-refractivity contribution in [3.63, 3.8) is 0 Å². The molecule has 1 rings (SSSR count). The Labute approximate surface area is 76.3 Å². The van der Waals surface area contributed by atoms with Crippen LogP contribution in [-0.4, -0.2) is 24.9 Å². The fourth-order valence-corrected chi connectivity index (χ4v) is 0.936. The molecule has 2 radical (unpaired) electrons. The van der Waals surface area contributed by atoms with Crippen molar-refractivity contribution in [3.05, 3.63) is 21.9 Å². The Hall–Kier alpha value is -1.59. The molecule has 0 N–H and O–H groups in total. The van der Waals surface area contributed by atoms with E-state index in [1.807, 2.05) is 0 Å². The number of ether oxygens (including phenoxy) is 1. The Morgan fingerprint density at radius 1 is 1.69 bits per heavy atom. The Morgan fingerprint density at radius 3 is 2.77 bits per heavy atom. The summed E-state index contributed by atoms with van der Waals surface area (Å²) < 4.78 is 4.80. The number of hydrogen-bond acceptors (Lipinski definition) is 4. The Balaban J connectivity index is 3.28. The van der Waals surface area contributed by atoms with Crippen LogP contribution in [0.2, 0.25) is 0 Å². The number of methoxy groups -OCH3 is 1. The number of aryl methyl sites for hydroxylation is 1. The maximum absolute atomic E-state index is 10.4. The van der Waals surface area contributed by atoms with Gasteiger partial charge >= 0.3 is 0 Å². The minimum Gasteiger partial charge on any atom is -0.481 e. The van der Waals surface area contributed by atoms with Crippen molar-refractivity contribution in [3.8, 4) is 5.88 Å². The first-order chi connectivity index (χ1) is 6.06. The minimum absolute atomic E-state index is 0.0988. The van der Waals surface area contributed by atoms with Crippen LogP contribution in [0.5, 0.6) is 5.88 Å². The molecule has 0 fully saturated rings. The van der Waals surface area contributed by atoms with E-state index in [1.165, 1.54) is 20.1 Å². The summed E-state index contributed by atoms with van der Waals surface area (Å²) in [5, 5.41) is 10.4. The Morgan fingerprint density at radius 2 is 2.31 bits per heavy atom. The predicted octanol–water partition coefficient (Wildman–Crippen LogP) is 0.101. The second kappa shape index (κ2) is 3.43. The molecule has 66 valence electrons. The van der Waals surface area contributed by atoms with Crippen LogP contribution < -0.4 is 10.2 Å². The fraction of sp³-hybridized carbons (Fsp3) is 0.286. The lowest BCUT2D eigenvalue weighted by atomic mass is 9.97. The van der Waals surface area contributed by atoms with Crippen molar-refractivity contribution >= 4 is 19.0 Å². The van der Waals surface area contributed by atoms with Gasteiger partial charge in [-0.15, -0.1) is 0 Å². The maximum Gasteiger partial charge on any atom is 0.290 e. The van der Waals surface area contributed by atoms with E-state index < -0.39 is 4.92 Å². The highest BCUT2D eigenvalue weighted by Crippen LogP contribution is 2.16. The van der Waals surface area contributed by atoms with E-state index in [-0.39, 0.29) is 22.7 Å². The van der Waals surface area contributed by atoms with Gasteiger partial charge in [-0.25, -0.2) is 4.98 Å². The number of pyridine rings is 1. The van der Waals surface area contributed by atoms with Crippen LogP contribution in [0, 0.1) is 17.0 Å². The molecule has 0 aromatic carbocycles. The maximum atomic E-state index is 10.4. The van der Waals surface area contributed by atoms with Crippen molar-refractivity contribution in [2.45, 2.75) is 6.92 Å². The number of nitrogens with zero attached hydrogens (tertiary/aromatic N) is 2. The molecule has 0 saturated heterocycles. The third-order valence-corrected chi connectivity index (χ3v) is 1.57. The molecule has 0 atom stereocenters. The molecule has 1 aromatic rings. The topological polar surface area (TPSA) is 65.3 Å². The van der Waals surface area contributed by atoms with Gasteiger partial charge in [0.2, 0.25) is 5.88 Å². The summed E-state index contributed by atoms with van der Waals surface area (Å²) in [6, 6.07) is 1.24. The Kier molecular flexibility index (Phi) is 2.50. The average Bonchev–Trinajstić information content (AvgIpc) is 2.07.